The molecule has 4 rings (SSSR count). The SMILES string of the molecule is O=C1S/C(=C\c2cc(Br)ccc2OCc2ccccc2F)C(=O)N1Cc1ccc(I)cc1. The van der Waals surface area contributed by atoms with Gasteiger partial charge < -0.3 is 4.74 Å². The molecular weight excluding hydrogens is 608 g/mol. The van der Waals surface area contributed by atoms with Crippen molar-refractivity contribution in [2.75, 3.05) is 0 Å². The molecule has 1 heterocycles. The highest BCUT2D eigenvalue weighted by Gasteiger charge is 2.35. The zero-order valence-electron chi connectivity index (χ0n) is 16.6. The molecule has 0 bridgehead atoms. The maximum Gasteiger partial charge on any atom is 0.293 e. The Balaban J connectivity index is 1.55. The molecule has 32 heavy (non-hydrogen) atoms. The summed E-state index contributed by atoms with van der Waals surface area (Å²) in [6.45, 7) is 0.261. The fourth-order valence-corrected chi connectivity index (χ4v) is 4.65. The van der Waals surface area contributed by atoms with Crippen molar-refractivity contribution in [2.24, 2.45) is 0 Å². The van der Waals surface area contributed by atoms with Gasteiger partial charge in [-0.25, -0.2) is 4.39 Å². The Labute approximate surface area is 211 Å². The van der Waals surface area contributed by atoms with Gasteiger partial charge in [0, 0.05) is 19.2 Å². The predicted octanol–water partition coefficient (Wildman–Crippen LogP) is 7.01. The van der Waals surface area contributed by atoms with Crippen LogP contribution in [0.5, 0.6) is 5.75 Å². The number of amides is 2. The first kappa shape index (κ1) is 23.0. The van der Waals surface area contributed by atoms with Gasteiger partial charge in [0.2, 0.25) is 0 Å². The summed E-state index contributed by atoms with van der Waals surface area (Å²) in [5.74, 6) is -0.206. The van der Waals surface area contributed by atoms with Crippen LogP contribution >= 0.6 is 50.3 Å². The van der Waals surface area contributed by atoms with Crippen LogP contribution in [-0.4, -0.2) is 16.0 Å². The number of thioether (sulfide) groups is 1. The molecule has 0 saturated carbocycles. The van der Waals surface area contributed by atoms with Crippen molar-refractivity contribution >= 4 is 67.5 Å². The third-order valence-electron chi connectivity index (χ3n) is 4.73. The van der Waals surface area contributed by atoms with Crippen LogP contribution in [0.3, 0.4) is 0 Å². The predicted molar refractivity (Wildman–Crippen MR) is 136 cm³/mol. The van der Waals surface area contributed by atoms with Crippen LogP contribution in [0.25, 0.3) is 6.08 Å². The molecular formula is C24H16BrFINO3S. The molecule has 2 amide bonds. The lowest BCUT2D eigenvalue weighted by molar-refractivity contribution is -0.123. The second-order valence-electron chi connectivity index (χ2n) is 6.96. The van der Waals surface area contributed by atoms with Gasteiger partial charge in [-0.1, -0.05) is 46.3 Å². The van der Waals surface area contributed by atoms with Crippen LogP contribution in [0.4, 0.5) is 9.18 Å². The normalized spacial score (nSPS) is 15.0. The van der Waals surface area contributed by atoms with Gasteiger partial charge in [0.25, 0.3) is 11.1 Å². The van der Waals surface area contributed by atoms with E-state index in [1.165, 1.54) is 11.0 Å². The third kappa shape index (κ3) is 5.41. The molecule has 3 aromatic carbocycles. The highest BCUT2D eigenvalue weighted by Crippen LogP contribution is 2.36. The number of rotatable bonds is 6. The first-order chi connectivity index (χ1) is 15.4. The monoisotopic (exact) mass is 623 g/mol. The Hall–Kier alpha value is -2.17. The molecule has 1 saturated heterocycles. The van der Waals surface area contributed by atoms with E-state index in [4.69, 9.17) is 4.74 Å². The minimum atomic E-state index is -0.349. The molecule has 1 fully saturated rings. The Morgan fingerprint density at radius 2 is 1.81 bits per heavy atom. The molecule has 1 aliphatic heterocycles. The molecule has 4 nitrogen and oxygen atoms in total. The minimum absolute atomic E-state index is 0.0451. The Morgan fingerprint density at radius 1 is 1.06 bits per heavy atom. The Kier molecular flexibility index (Phi) is 7.32. The second kappa shape index (κ2) is 10.2. The molecule has 0 aliphatic carbocycles. The van der Waals surface area contributed by atoms with Crippen molar-refractivity contribution in [3.8, 4) is 5.75 Å². The Morgan fingerprint density at radius 3 is 2.56 bits per heavy atom. The summed E-state index contributed by atoms with van der Waals surface area (Å²) in [5, 5.41) is -0.316. The highest BCUT2D eigenvalue weighted by molar-refractivity contribution is 14.1. The maximum absolute atomic E-state index is 13.9. The van der Waals surface area contributed by atoms with Crippen molar-refractivity contribution in [3.05, 3.63) is 102 Å². The van der Waals surface area contributed by atoms with Gasteiger partial charge in [0.15, 0.2) is 0 Å². The number of benzene rings is 3. The average Bonchev–Trinajstić information content (AvgIpc) is 3.03. The van der Waals surface area contributed by atoms with Crippen molar-refractivity contribution in [2.45, 2.75) is 13.2 Å². The number of imide groups is 1. The number of ether oxygens (including phenoxy) is 1. The molecule has 162 valence electrons. The number of hydrogen-bond donors (Lipinski definition) is 0. The summed E-state index contributed by atoms with van der Waals surface area (Å²) in [4.78, 5) is 27.0. The molecule has 0 N–H and O–H groups in total. The van der Waals surface area contributed by atoms with Crippen molar-refractivity contribution in [3.63, 3.8) is 0 Å². The second-order valence-corrected chi connectivity index (χ2v) is 10.1. The van der Waals surface area contributed by atoms with Gasteiger partial charge in [-0.3, -0.25) is 14.5 Å². The van der Waals surface area contributed by atoms with Crippen LogP contribution < -0.4 is 4.74 Å². The summed E-state index contributed by atoms with van der Waals surface area (Å²) >= 11 is 6.53. The number of hydrogen-bond acceptors (Lipinski definition) is 4. The molecule has 0 aromatic heterocycles. The van der Waals surface area contributed by atoms with Crippen molar-refractivity contribution in [1.29, 1.82) is 0 Å². The zero-order chi connectivity index (χ0) is 22.7. The van der Waals surface area contributed by atoms with E-state index in [1.807, 2.05) is 24.3 Å². The molecule has 0 unspecified atom stereocenters. The van der Waals surface area contributed by atoms with E-state index in [2.05, 4.69) is 38.5 Å². The zero-order valence-corrected chi connectivity index (χ0v) is 21.1. The largest absolute Gasteiger partial charge is 0.488 e. The summed E-state index contributed by atoms with van der Waals surface area (Å²) < 4.78 is 21.6. The van der Waals surface area contributed by atoms with E-state index in [0.717, 1.165) is 25.4 Å². The van der Waals surface area contributed by atoms with Gasteiger partial charge in [0.05, 0.1) is 11.4 Å². The van der Waals surface area contributed by atoms with Crippen LogP contribution in [-0.2, 0) is 17.9 Å². The molecule has 0 radical (unpaired) electrons. The fourth-order valence-electron chi connectivity index (χ4n) is 3.08. The van der Waals surface area contributed by atoms with Crippen LogP contribution in [0, 0.1) is 9.39 Å². The molecule has 0 atom stereocenters. The van der Waals surface area contributed by atoms with E-state index in [0.29, 0.717) is 21.8 Å². The van der Waals surface area contributed by atoms with E-state index in [1.54, 1.807) is 42.5 Å². The van der Waals surface area contributed by atoms with E-state index < -0.39 is 0 Å². The van der Waals surface area contributed by atoms with Gasteiger partial charge in [-0.15, -0.1) is 0 Å². The molecule has 8 heteroatoms. The number of halogens is 3. The van der Waals surface area contributed by atoms with Crippen molar-refractivity contribution < 1.29 is 18.7 Å². The Bertz CT molecular complexity index is 1220. The van der Waals surface area contributed by atoms with E-state index in [9.17, 15) is 14.0 Å². The highest BCUT2D eigenvalue weighted by atomic mass is 127. The van der Waals surface area contributed by atoms with Crippen molar-refractivity contribution in [1.82, 2.24) is 4.90 Å². The van der Waals surface area contributed by atoms with Crippen LogP contribution in [0.2, 0.25) is 0 Å². The topological polar surface area (TPSA) is 46.6 Å². The first-order valence-corrected chi connectivity index (χ1v) is 12.2. The van der Waals surface area contributed by atoms with Gasteiger partial charge in [0.1, 0.15) is 18.2 Å². The van der Waals surface area contributed by atoms with Gasteiger partial charge >= 0.3 is 0 Å². The summed E-state index contributed by atoms with van der Waals surface area (Å²) in [5.41, 5.74) is 1.93. The standard InChI is InChI=1S/C24H16BrFINO3S/c25-18-7-10-21(31-14-16-3-1-2-4-20(16)26)17(11-18)12-22-23(29)28(24(30)32-22)13-15-5-8-19(27)9-6-15/h1-12H,13-14H2/b22-12-. The molecule has 0 spiro atoms. The maximum atomic E-state index is 13.9. The van der Waals surface area contributed by atoms with Crippen LogP contribution in [0.15, 0.2) is 76.1 Å². The lowest BCUT2D eigenvalue weighted by Gasteiger charge is -2.13. The van der Waals surface area contributed by atoms with Gasteiger partial charge in [-0.05, 0) is 82.4 Å². The lowest BCUT2D eigenvalue weighted by Crippen LogP contribution is -2.27. The fraction of sp³-hybridized carbons (Fsp3) is 0.0833. The van der Waals surface area contributed by atoms with E-state index in [-0.39, 0.29) is 30.1 Å². The first-order valence-electron chi connectivity index (χ1n) is 9.56. The summed E-state index contributed by atoms with van der Waals surface area (Å²) in [6.07, 6.45) is 1.64. The smallest absolute Gasteiger partial charge is 0.293 e. The summed E-state index contributed by atoms with van der Waals surface area (Å²) in [7, 11) is 0. The van der Waals surface area contributed by atoms with Gasteiger partial charge in [-0.2, -0.15) is 0 Å². The minimum Gasteiger partial charge on any atom is -0.488 e. The molecule has 1 aliphatic rings. The lowest BCUT2D eigenvalue weighted by atomic mass is 10.1. The number of nitrogens with zero attached hydrogens (tertiary/aromatic N) is 1. The summed E-state index contributed by atoms with van der Waals surface area (Å²) in [6, 6.07) is 19.4. The average molecular weight is 624 g/mol. The third-order valence-corrected chi connectivity index (χ3v) is 6.85. The quantitative estimate of drug-likeness (QED) is 0.219. The van der Waals surface area contributed by atoms with E-state index >= 15 is 0 Å². The molecule has 3 aromatic rings. The number of carbonyl (C=O) groups is 2. The van der Waals surface area contributed by atoms with Crippen LogP contribution in [0.1, 0.15) is 16.7 Å². The number of carbonyl (C=O) groups excluding carboxylic acids is 2.